The maximum absolute atomic E-state index is 12.0. The molecule has 0 spiro atoms. The van der Waals surface area contributed by atoms with Crippen molar-refractivity contribution >= 4 is 22.4 Å². The van der Waals surface area contributed by atoms with Crippen LogP contribution in [0.4, 0.5) is 5.69 Å². The Hall–Kier alpha value is -2.74. The Morgan fingerprint density at radius 3 is 2.62 bits per heavy atom. The molecule has 1 N–H and O–H groups in total. The maximum atomic E-state index is 12.0. The summed E-state index contributed by atoms with van der Waals surface area (Å²) in [7, 11) is -1.18. The van der Waals surface area contributed by atoms with Gasteiger partial charge < -0.3 is 10.1 Å². The van der Waals surface area contributed by atoms with Crippen molar-refractivity contribution in [3.05, 3.63) is 64.7 Å². The highest BCUT2D eigenvalue weighted by atomic mass is 32.2. The van der Waals surface area contributed by atoms with Gasteiger partial charge in [-0.25, -0.2) is 0 Å². The molecule has 0 aliphatic carbocycles. The molecular weight excluding hydrogens is 332 g/mol. The monoisotopic (exact) mass is 348 g/mol. The standard InChI is InChI=1S/C16H16N2O5S/c19-16(12-23-14-6-4-5-13(11-14)18(20)21)17-9-10-24(22)15-7-2-1-3-8-15/h1-8,11H,9-10,12H2,(H,17,19)/t24-/m0/s1. The summed E-state index contributed by atoms with van der Waals surface area (Å²) >= 11 is 0. The van der Waals surface area contributed by atoms with E-state index in [4.69, 9.17) is 4.74 Å². The maximum Gasteiger partial charge on any atom is 0.273 e. The molecule has 1 atom stereocenters. The van der Waals surface area contributed by atoms with E-state index in [2.05, 4.69) is 5.32 Å². The second-order valence-electron chi connectivity index (χ2n) is 4.76. The van der Waals surface area contributed by atoms with Gasteiger partial charge in [-0.1, -0.05) is 24.3 Å². The summed E-state index contributed by atoms with van der Waals surface area (Å²) in [5, 5.41) is 13.3. The van der Waals surface area contributed by atoms with Gasteiger partial charge in [-0.15, -0.1) is 0 Å². The van der Waals surface area contributed by atoms with Crippen LogP contribution in [0.25, 0.3) is 0 Å². The van der Waals surface area contributed by atoms with Crippen LogP contribution >= 0.6 is 0 Å². The highest BCUT2D eigenvalue weighted by Gasteiger charge is 2.09. The van der Waals surface area contributed by atoms with Crippen LogP contribution < -0.4 is 10.1 Å². The van der Waals surface area contributed by atoms with Crippen LogP contribution in [-0.2, 0) is 15.6 Å². The van der Waals surface area contributed by atoms with E-state index in [0.29, 0.717) is 10.6 Å². The molecule has 0 saturated carbocycles. The van der Waals surface area contributed by atoms with Gasteiger partial charge in [-0.05, 0) is 18.2 Å². The molecule has 2 aromatic rings. The van der Waals surface area contributed by atoms with Gasteiger partial charge in [0.15, 0.2) is 6.61 Å². The number of nitrogens with zero attached hydrogens (tertiary/aromatic N) is 1. The number of carbonyl (C=O) groups excluding carboxylic acids is 1. The SMILES string of the molecule is O=C(COc1cccc([N+](=O)[O-])c1)NCC[S@](=O)c1ccccc1. The van der Waals surface area contributed by atoms with Gasteiger partial charge in [0, 0.05) is 23.3 Å². The van der Waals surface area contributed by atoms with E-state index < -0.39 is 15.7 Å². The molecule has 0 unspecified atom stereocenters. The molecule has 24 heavy (non-hydrogen) atoms. The summed E-state index contributed by atoms with van der Waals surface area (Å²) < 4.78 is 17.2. The third-order valence-corrected chi connectivity index (χ3v) is 4.39. The van der Waals surface area contributed by atoms with Crippen molar-refractivity contribution in [3.63, 3.8) is 0 Å². The normalized spacial score (nSPS) is 11.5. The van der Waals surface area contributed by atoms with Crippen LogP contribution in [-0.4, -0.2) is 33.9 Å². The summed E-state index contributed by atoms with van der Waals surface area (Å²) in [4.78, 5) is 22.5. The lowest BCUT2D eigenvalue weighted by Gasteiger charge is -2.07. The Balaban J connectivity index is 1.73. The average Bonchev–Trinajstić information content (AvgIpc) is 2.61. The number of nitro groups is 1. The zero-order valence-corrected chi connectivity index (χ0v) is 13.5. The lowest BCUT2D eigenvalue weighted by Crippen LogP contribution is -2.32. The molecule has 8 heteroatoms. The molecule has 126 valence electrons. The molecule has 0 aromatic heterocycles. The average molecular weight is 348 g/mol. The predicted molar refractivity (Wildman–Crippen MR) is 89.3 cm³/mol. The smallest absolute Gasteiger partial charge is 0.273 e. The summed E-state index contributed by atoms with van der Waals surface area (Å²) in [5.74, 6) is 0.158. The van der Waals surface area contributed by atoms with Crippen molar-refractivity contribution in [1.82, 2.24) is 5.32 Å². The molecule has 0 radical (unpaired) electrons. The van der Waals surface area contributed by atoms with Gasteiger partial charge in [0.1, 0.15) is 5.75 Å². The quantitative estimate of drug-likeness (QED) is 0.580. The number of benzene rings is 2. The molecule has 1 amide bonds. The van der Waals surface area contributed by atoms with Crippen LogP contribution in [0.5, 0.6) is 5.75 Å². The fourth-order valence-electron chi connectivity index (χ4n) is 1.86. The van der Waals surface area contributed by atoms with Gasteiger partial charge in [0.05, 0.1) is 21.8 Å². The van der Waals surface area contributed by atoms with Crippen molar-refractivity contribution in [2.75, 3.05) is 18.9 Å². The van der Waals surface area contributed by atoms with Gasteiger partial charge in [-0.2, -0.15) is 0 Å². The number of hydrogen-bond acceptors (Lipinski definition) is 5. The van der Waals surface area contributed by atoms with Gasteiger partial charge in [0.25, 0.3) is 11.6 Å². The van der Waals surface area contributed by atoms with Crippen molar-refractivity contribution in [1.29, 1.82) is 0 Å². The van der Waals surface area contributed by atoms with E-state index in [1.165, 1.54) is 24.3 Å². The minimum Gasteiger partial charge on any atom is -0.484 e. The summed E-state index contributed by atoms with van der Waals surface area (Å²) in [5.41, 5.74) is -0.105. The highest BCUT2D eigenvalue weighted by Crippen LogP contribution is 2.18. The second-order valence-corrected chi connectivity index (χ2v) is 6.33. The van der Waals surface area contributed by atoms with E-state index in [1.807, 2.05) is 6.07 Å². The Morgan fingerprint density at radius 2 is 1.92 bits per heavy atom. The minimum atomic E-state index is -1.18. The fraction of sp³-hybridized carbons (Fsp3) is 0.188. The molecule has 7 nitrogen and oxygen atoms in total. The number of nitrogens with one attached hydrogen (secondary N) is 1. The number of hydrogen-bond donors (Lipinski definition) is 1. The number of non-ortho nitro benzene ring substituents is 1. The largest absolute Gasteiger partial charge is 0.484 e. The van der Waals surface area contributed by atoms with E-state index >= 15 is 0 Å². The Bertz CT molecular complexity index is 736. The Morgan fingerprint density at radius 1 is 1.17 bits per heavy atom. The number of ether oxygens (including phenoxy) is 1. The van der Waals surface area contributed by atoms with Crippen molar-refractivity contribution in [2.24, 2.45) is 0 Å². The summed E-state index contributed by atoms with van der Waals surface area (Å²) in [6, 6.07) is 14.6. The highest BCUT2D eigenvalue weighted by molar-refractivity contribution is 7.85. The minimum absolute atomic E-state index is 0.105. The zero-order chi connectivity index (χ0) is 17.4. The number of nitro benzene ring substituents is 1. The molecule has 0 aliphatic heterocycles. The first-order valence-corrected chi connectivity index (χ1v) is 8.45. The van der Waals surface area contributed by atoms with Gasteiger partial charge >= 0.3 is 0 Å². The fourth-order valence-corrected chi connectivity index (χ4v) is 2.84. The van der Waals surface area contributed by atoms with Crippen molar-refractivity contribution in [2.45, 2.75) is 4.90 Å². The predicted octanol–water partition coefficient (Wildman–Crippen LogP) is 1.90. The van der Waals surface area contributed by atoms with E-state index in [9.17, 15) is 19.1 Å². The zero-order valence-electron chi connectivity index (χ0n) is 12.7. The Kier molecular flexibility index (Phi) is 6.44. The van der Waals surface area contributed by atoms with Crippen LogP contribution in [0, 0.1) is 10.1 Å². The third kappa shape index (κ3) is 5.47. The molecule has 0 heterocycles. The second kappa shape index (κ2) is 8.78. The number of carbonyl (C=O) groups is 1. The Labute approximate surface area is 141 Å². The van der Waals surface area contributed by atoms with Gasteiger partial charge in [0.2, 0.25) is 0 Å². The lowest BCUT2D eigenvalue weighted by atomic mass is 10.3. The lowest BCUT2D eigenvalue weighted by molar-refractivity contribution is -0.384. The molecule has 2 aromatic carbocycles. The van der Waals surface area contributed by atoms with Crippen LogP contribution in [0.2, 0.25) is 0 Å². The molecule has 0 bridgehead atoms. The topological polar surface area (TPSA) is 98.5 Å². The molecule has 2 rings (SSSR count). The van der Waals surface area contributed by atoms with Gasteiger partial charge in [-0.3, -0.25) is 19.1 Å². The van der Waals surface area contributed by atoms with Crippen molar-refractivity contribution in [3.8, 4) is 5.75 Å². The van der Waals surface area contributed by atoms with Crippen LogP contribution in [0.3, 0.4) is 0 Å². The molecule has 0 saturated heterocycles. The van der Waals surface area contributed by atoms with Crippen molar-refractivity contribution < 1.29 is 18.7 Å². The first-order valence-electron chi connectivity index (χ1n) is 7.13. The van der Waals surface area contributed by atoms with E-state index in [0.717, 1.165) is 0 Å². The number of amides is 1. The summed E-state index contributed by atoms with van der Waals surface area (Å²) in [6.45, 7) is -0.0161. The molecule has 0 aliphatic rings. The molecular formula is C16H16N2O5S. The first-order chi connectivity index (χ1) is 11.6. The van der Waals surface area contributed by atoms with E-state index in [1.54, 1.807) is 24.3 Å². The van der Waals surface area contributed by atoms with Crippen LogP contribution in [0.1, 0.15) is 0 Å². The van der Waals surface area contributed by atoms with Crippen LogP contribution in [0.15, 0.2) is 59.5 Å². The summed E-state index contributed by atoms with van der Waals surface area (Å²) in [6.07, 6.45) is 0. The number of rotatable bonds is 8. The third-order valence-electron chi connectivity index (χ3n) is 3.01. The molecule has 0 fully saturated rings. The van der Waals surface area contributed by atoms with E-state index in [-0.39, 0.29) is 30.5 Å². The first kappa shape index (κ1) is 17.6.